The summed E-state index contributed by atoms with van der Waals surface area (Å²) in [5.74, 6) is -0.178. The summed E-state index contributed by atoms with van der Waals surface area (Å²) in [7, 11) is 0. The molecule has 0 aliphatic heterocycles. The van der Waals surface area contributed by atoms with Crippen molar-refractivity contribution in [3.05, 3.63) is 48.2 Å². The summed E-state index contributed by atoms with van der Waals surface area (Å²) in [5.41, 5.74) is 0.261. The van der Waals surface area contributed by atoms with E-state index in [1.807, 2.05) is 0 Å². The number of amides is 1. The quantitative estimate of drug-likeness (QED) is 0.481. The first-order chi connectivity index (χ1) is 12.4. The van der Waals surface area contributed by atoms with Gasteiger partial charge in [-0.15, -0.1) is 24.9 Å². The van der Waals surface area contributed by atoms with Crippen molar-refractivity contribution < 1.29 is 22.7 Å². The van der Waals surface area contributed by atoms with Crippen molar-refractivity contribution in [3.63, 3.8) is 0 Å². The molecular weight excluding hydrogens is 365 g/mol. The highest BCUT2D eigenvalue weighted by molar-refractivity contribution is 7.99. The van der Waals surface area contributed by atoms with Gasteiger partial charge < -0.3 is 10.1 Å². The number of thioether (sulfide) groups is 1. The molecule has 1 N–H and O–H groups in total. The monoisotopic (exact) mass is 384 g/mol. The van der Waals surface area contributed by atoms with Crippen LogP contribution in [0.15, 0.2) is 47.6 Å². The first-order valence-corrected chi connectivity index (χ1v) is 9.13. The van der Waals surface area contributed by atoms with E-state index in [4.69, 9.17) is 0 Å². The van der Waals surface area contributed by atoms with Gasteiger partial charge in [-0.3, -0.25) is 4.79 Å². The summed E-state index contributed by atoms with van der Waals surface area (Å²) in [4.78, 5) is 16.8. The van der Waals surface area contributed by atoms with Gasteiger partial charge in [0, 0.05) is 6.20 Å². The minimum absolute atomic E-state index is 0.0550. The Balaban J connectivity index is 2.13. The molecular formula is C18H19F3N2O2S. The maximum atomic E-state index is 12.5. The van der Waals surface area contributed by atoms with Crippen molar-refractivity contribution >= 4 is 23.4 Å². The molecule has 1 heterocycles. The van der Waals surface area contributed by atoms with Crippen molar-refractivity contribution in [1.29, 1.82) is 0 Å². The molecule has 0 fully saturated rings. The predicted octanol–water partition coefficient (Wildman–Crippen LogP) is 5.51. The lowest BCUT2D eigenvalue weighted by Crippen LogP contribution is -2.20. The zero-order chi connectivity index (χ0) is 19.0. The molecule has 1 aromatic heterocycles. The Hall–Kier alpha value is -2.22. The van der Waals surface area contributed by atoms with Gasteiger partial charge in [-0.25, -0.2) is 4.98 Å². The molecule has 0 aliphatic carbocycles. The summed E-state index contributed by atoms with van der Waals surface area (Å²) in [5, 5.41) is 3.03. The van der Waals surface area contributed by atoms with Gasteiger partial charge in [0.05, 0.1) is 11.3 Å². The van der Waals surface area contributed by atoms with Crippen molar-refractivity contribution in [3.8, 4) is 5.75 Å². The summed E-state index contributed by atoms with van der Waals surface area (Å²) < 4.78 is 41.5. The Morgan fingerprint density at radius 1 is 1.19 bits per heavy atom. The standard InChI is InChI=1S/C18H19F3N2O2S/c1-2-3-6-12-26-17-13(8-7-11-22-17)16(24)23-14-9-4-5-10-15(14)25-18(19,20)21/h4-5,7-11H,2-3,6,12H2,1H3,(H,23,24). The molecule has 4 nitrogen and oxygen atoms in total. The molecule has 0 atom stereocenters. The van der Waals surface area contributed by atoms with Crippen molar-refractivity contribution in [2.24, 2.45) is 0 Å². The third kappa shape index (κ3) is 6.25. The highest BCUT2D eigenvalue weighted by Crippen LogP contribution is 2.31. The number of hydrogen-bond acceptors (Lipinski definition) is 4. The van der Waals surface area contributed by atoms with Crippen LogP contribution in [0.2, 0.25) is 0 Å². The fourth-order valence-electron chi connectivity index (χ4n) is 2.17. The van der Waals surface area contributed by atoms with Gasteiger partial charge >= 0.3 is 6.36 Å². The van der Waals surface area contributed by atoms with Crippen LogP contribution in [0.3, 0.4) is 0 Å². The number of halogens is 3. The number of carbonyl (C=O) groups is 1. The Labute approximate surface area is 154 Å². The summed E-state index contributed by atoms with van der Waals surface area (Å²) >= 11 is 1.46. The third-order valence-electron chi connectivity index (χ3n) is 3.36. The zero-order valence-corrected chi connectivity index (χ0v) is 15.0. The van der Waals surface area contributed by atoms with E-state index < -0.39 is 18.0 Å². The van der Waals surface area contributed by atoms with Crippen molar-refractivity contribution in [2.75, 3.05) is 11.1 Å². The topological polar surface area (TPSA) is 51.2 Å². The van der Waals surface area contributed by atoms with Crippen LogP contribution < -0.4 is 10.1 Å². The second kappa shape index (κ2) is 9.47. The molecule has 0 saturated heterocycles. The first-order valence-electron chi connectivity index (χ1n) is 8.14. The van der Waals surface area contributed by atoms with Crippen LogP contribution in [0.25, 0.3) is 0 Å². The van der Waals surface area contributed by atoms with Gasteiger partial charge in [-0.05, 0) is 36.4 Å². The zero-order valence-electron chi connectivity index (χ0n) is 14.2. The Bertz CT molecular complexity index is 738. The minimum atomic E-state index is -4.84. The smallest absolute Gasteiger partial charge is 0.404 e. The van der Waals surface area contributed by atoms with E-state index in [2.05, 4.69) is 22.0 Å². The molecule has 0 aliphatic rings. The molecule has 1 aromatic carbocycles. The summed E-state index contributed by atoms with van der Waals surface area (Å²) in [6.07, 6.45) is -0.0776. The second-order valence-electron chi connectivity index (χ2n) is 5.41. The average Bonchev–Trinajstić information content (AvgIpc) is 2.59. The highest BCUT2D eigenvalue weighted by Gasteiger charge is 2.32. The van der Waals surface area contributed by atoms with Crippen LogP contribution in [0, 0.1) is 0 Å². The Morgan fingerprint density at radius 3 is 2.69 bits per heavy atom. The largest absolute Gasteiger partial charge is 0.573 e. The van der Waals surface area contributed by atoms with Crippen molar-refractivity contribution in [2.45, 2.75) is 37.6 Å². The fraction of sp³-hybridized carbons (Fsp3) is 0.333. The minimum Gasteiger partial charge on any atom is -0.404 e. The van der Waals surface area contributed by atoms with Gasteiger partial charge in [-0.2, -0.15) is 0 Å². The summed E-state index contributed by atoms with van der Waals surface area (Å²) in [6.45, 7) is 2.10. The maximum Gasteiger partial charge on any atom is 0.573 e. The van der Waals surface area contributed by atoms with Crippen LogP contribution in [0.4, 0.5) is 18.9 Å². The van der Waals surface area contributed by atoms with Gasteiger partial charge in [-0.1, -0.05) is 31.9 Å². The Kier molecular flexibility index (Phi) is 7.32. The van der Waals surface area contributed by atoms with Crippen LogP contribution in [0.1, 0.15) is 36.5 Å². The number of nitrogens with zero attached hydrogens (tertiary/aromatic N) is 1. The van der Waals surface area contributed by atoms with E-state index in [1.165, 1.54) is 30.0 Å². The number of benzene rings is 1. The van der Waals surface area contributed by atoms with Crippen LogP contribution in [-0.4, -0.2) is 23.0 Å². The van der Waals surface area contributed by atoms with Crippen molar-refractivity contribution in [1.82, 2.24) is 4.98 Å². The lowest BCUT2D eigenvalue weighted by Gasteiger charge is -2.14. The van der Waals surface area contributed by atoms with Gasteiger partial charge in [0.25, 0.3) is 5.91 Å². The van der Waals surface area contributed by atoms with Crippen LogP contribution in [0.5, 0.6) is 5.75 Å². The van der Waals surface area contributed by atoms with Gasteiger partial charge in [0.1, 0.15) is 5.03 Å². The van der Waals surface area contributed by atoms with Crippen LogP contribution in [-0.2, 0) is 0 Å². The molecule has 26 heavy (non-hydrogen) atoms. The maximum absolute atomic E-state index is 12.5. The van der Waals surface area contributed by atoms with Gasteiger partial charge in [0.2, 0.25) is 0 Å². The number of nitrogens with one attached hydrogen (secondary N) is 1. The molecule has 0 saturated carbocycles. The normalized spacial score (nSPS) is 11.2. The molecule has 140 valence electrons. The average molecular weight is 384 g/mol. The molecule has 0 bridgehead atoms. The molecule has 8 heteroatoms. The predicted molar refractivity (Wildman–Crippen MR) is 95.6 cm³/mol. The lowest BCUT2D eigenvalue weighted by atomic mass is 10.2. The number of pyridine rings is 1. The molecule has 0 unspecified atom stereocenters. The number of aromatic nitrogens is 1. The van der Waals surface area contributed by atoms with E-state index in [0.29, 0.717) is 10.6 Å². The summed E-state index contributed by atoms with van der Waals surface area (Å²) in [6, 6.07) is 8.62. The number of anilines is 1. The SMILES string of the molecule is CCCCCSc1ncccc1C(=O)Nc1ccccc1OC(F)(F)F. The Morgan fingerprint density at radius 2 is 1.96 bits per heavy atom. The van der Waals surface area contributed by atoms with E-state index >= 15 is 0 Å². The number of carbonyl (C=O) groups excluding carboxylic acids is 1. The number of hydrogen-bond donors (Lipinski definition) is 1. The molecule has 2 rings (SSSR count). The second-order valence-corrected chi connectivity index (χ2v) is 6.49. The number of ether oxygens (including phenoxy) is 1. The number of alkyl halides is 3. The van der Waals surface area contributed by atoms with E-state index in [0.717, 1.165) is 31.1 Å². The molecule has 2 aromatic rings. The molecule has 0 radical (unpaired) electrons. The van der Waals surface area contributed by atoms with E-state index in [9.17, 15) is 18.0 Å². The molecule has 1 amide bonds. The number of para-hydroxylation sites is 2. The molecule has 0 spiro atoms. The fourth-order valence-corrected chi connectivity index (χ4v) is 3.17. The van der Waals surface area contributed by atoms with Gasteiger partial charge in [0.15, 0.2) is 5.75 Å². The first kappa shape index (κ1) is 20.1. The van der Waals surface area contributed by atoms with E-state index in [1.54, 1.807) is 18.3 Å². The lowest BCUT2D eigenvalue weighted by molar-refractivity contribution is -0.274. The van der Waals surface area contributed by atoms with E-state index in [-0.39, 0.29) is 5.69 Å². The van der Waals surface area contributed by atoms with Crippen LogP contribution >= 0.6 is 11.8 Å². The highest BCUT2D eigenvalue weighted by atomic mass is 32.2. The number of unbranched alkanes of at least 4 members (excludes halogenated alkanes) is 2. The third-order valence-corrected chi connectivity index (χ3v) is 4.45. The number of rotatable bonds is 8.